The molecule has 0 saturated carbocycles. The number of ether oxygens (including phenoxy) is 1. The second kappa shape index (κ2) is 8.69. The van der Waals surface area contributed by atoms with Crippen LogP contribution < -0.4 is 20.1 Å². The van der Waals surface area contributed by atoms with Crippen LogP contribution in [0.4, 0.5) is 13.2 Å². The number of carbonyl (C=O) groups is 1. The molecule has 0 spiro atoms. The number of carbonyl (C=O) groups excluding carboxylic acids is 1. The van der Waals surface area contributed by atoms with Crippen molar-refractivity contribution in [3.63, 3.8) is 0 Å². The molecule has 146 valence electrons. The summed E-state index contributed by atoms with van der Waals surface area (Å²) in [4.78, 5) is 11.5. The van der Waals surface area contributed by atoms with Gasteiger partial charge in [0.1, 0.15) is 5.75 Å². The fraction of sp³-hybridized carbons (Fsp3) is 0.533. The second-order valence-electron chi connectivity index (χ2n) is 5.76. The molecule has 1 aromatic rings. The second-order valence-corrected chi connectivity index (χ2v) is 7.53. The molecule has 0 bridgehead atoms. The van der Waals surface area contributed by atoms with Gasteiger partial charge >= 0.3 is 6.36 Å². The zero-order valence-electron chi connectivity index (χ0n) is 13.8. The van der Waals surface area contributed by atoms with Gasteiger partial charge in [-0.15, -0.1) is 13.2 Å². The molecule has 3 N–H and O–H groups in total. The van der Waals surface area contributed by atoms with E-state index in [2.05, 4.69) is 20.1 Å². The molecule has 1 atom stereocenters. The van der Waals surface area contributed by atoms with Crippen molar-refractivity contribution in [2.75, 3.05) is 19.6 Å². The molecule has 1 aliphatic rings. The first-order chi connectivity index (χ1) is 12.2. The van der Waals surface area contributed by atoms with Crippen LogP contribution in [0.3, 0.4) is 0 Å². The lowest BCUT2D eigenvalue weighted by Gasteiger charge is -2.12. The van der Waals surface area contributed by atoms with Crippen LogP contribution >= 0.6 is 0 Å². The number of rotatable bonds is 8. The summed E-state index contributed by atoms with van der Waals surface area (Å²) in [6, 6.07) is 4.05. The van der Waals surface area contributed by atoms with Crippen LogP contribution in [0.25, 0.3) is 0 Å². The molecular weight excluding hydrogens is 375 g/mol. The largest absolute Gasteiger partial charge is 0.573 e. The Morgan fingerprint density at radius 2 is 1.96 bits per heavy atom. The van der Waals surface area contributed by atoms with Gasteiger partial charge in [0.25, 0.3) is 0 Å². The van der Waals surface area contributed by atoms with Crippen LogP contribution in [0.15, 0.2) is 29.2 Å². The van der Waals surface area contributed by atoms with Gasteiger partial charge in [0.05, 0.1) is 4.90 Å². The van der Waals surface area contributed by atoms with Gasteiger partial charge in [0, 0.05) is 25.6 Å². The maximum atomic E-state index is 12.1. The standard InChI is InChI=1S/C15H20F3N3O4S/c16-15(17,18)25-12-3-5-13(6-4-12)26(23,24)21-9-7-14(22)20-10-11-2-1-8-19-11/h3-6,11,19,21H,1-2,7-10H2,(H,20,22). The summed E-state index contributed by atoms with van der Waals surface area (Å²) in [6.45, 7) is 1.30. The number of sulfonamides is 1. The van der Waals surface area contributed by atoms with Crippen molar-refractivity contribution in [1.82, 2.24) is 15.4 Å². The van der Waals surface area contributed by atoms with Crippen LogP contribution in [-0.2, 0) is 14.8 Å². The van der Waals surface area contributed by atoms with E-state index in [4.69, 9.17) is 0 Å². The average molecular weight is 395 g/mol. The monoisotopic (exact) mass is 395 g/mol. The Balaban J connectivity index is 1.77. The van der Waals surface area contributed by atoms with E-state index in [1.807, 2.05) is 0 Å². The molecule has 1 unspecified atom stereocenters. The number of halogens is 3. The summed E-state index contributed by atoms with van der Waals surface area (Å²) in [7, 11) is -3.93. The highest BCUT2D eigenvalue weighted by atomic mass is 32.2. The number of amides is 1. The van der Waals surface area contributed by atoms with Gasteiger partial charge in [-0.05, 0) is 43.7 Å². The van der Waals surface area contributed by atoms with E-state index in [9.17, 15) is 26.4 Å². The molecule has 1 saturated heterocycles. The Bertz CT molecular complexity index is 702. The maximum Gasteiger partial charge on any atom is 0.573 e. The molecular formula is C15H20F3N3O4S. The number of nitrogens with one attached hydrogen (secondary N) is 3. The van der Waals surface area contributed by atoms with Crippen molar-refractivity contribution < 1.29 is 31.1 Å². The number of benzene rings is 1. The topological polar surface area (TPSA) is 96.5 Å². The summed E-state index contributed by atoms with van der Waals surface area (Å²) < 4.78 is 66.3. The normalized spacial score (nSPS) is 17.9. The molecule has 1 heterocycles. The van der Waals surface area contributed by atoms with Gasteiger partial charge in [0.2, 0.25) is 15.9 Å². The highest BCUT2D eigenvalue weighted by molar-refractivity contribution is 7.89. The van der Waals surface area contributed by atoms with E-state index in [0.717, 1.165) is 43.7 Å². The molecule has 0 aromatic heterocycles. The number of hydrogen-bond acceptors (Lipinski definition) is 5. The summed E-state index contributed by atoms with van der Waals surface area (Å²) in [5, 5.41) is 5.95. The van der Waals surface area contributed by atoms with Crippen molar-refractivity contribution >= 4 is 15.9 Å². The zero-order valence-corrected chi connectivity index (χ0v) is 14.6. The summed E-state index contributed by atoms with van der Waals surface area (Å²) >= 11 is 0. The quantitative estimate of drug-likeness (QED) is 0.613. The Labute approximate surface area is 149 Å². The van der Waals surface area contributed by atoms with Gasteiger partial charge in [-0.2, -0.15) is 0 Å². The number of alkyl halides is 3. The molecule has 1 aliphatic heterocycles. The minimum Gasteiger partial charge on any atom is -0.406 e. The third-order valence-corrected chi connectivity index (χ3v) is 5.20. The fourth-order valence-electron chi connectivity index (χ4n) is 2.46. The Morgan fingerprint density at radius 3 is 2.54 bits per heavy atom. The first-order valence-corrected chi connectivity index (χ1v) is 9.49. The van der Waals surface area contributed by atoms with Gasteiger partial charge in [-0.3, -0.25) is 4.79 Å². The molecule has 26 heavy (non-hydrogen) atoms. The van der Waals surface area contributed by atoms with E-state index < -0.39 is 22.1 Å². The van der Waals surface area contributed by atoms with Gasteiger partial charge in [-0.1, -0.05) is 0 Å². The minimum absolute atomic E-state index is 0.0405. The van der Waals surface area contributed by atoms with Crippen LogP contribution in [0, 0.1) is 0 Å². The van der Waals surface area contributed by atoms with Crippen molar-refractivity contribution in [3.05, 3.63) is 24.3 Å². The lowest BCUT2D eigenvalue weighted by Crippen LogP contribution is -2.38. The van der Waals surface area contributed by atoms with E-state index in [1.165, 1.54) is 0 Å². The lowest BCUT2D eigenvalue weighted by atomic mass is 10.2. The van der Waals surface area contributed by atoms with Crippen molar-refractivity contribution in [2.24, 2.45) is 0 Å². The Hall–Kier alpha value is -1.85. The first-order valence-electron chi connectivity index (χ1n) is 8.01. The summed E-state index contributed by atoms with van der Waals surface area (Å²) in [5.74, 6) is -0.799. The first kappa shape index (κ1) is 20.5. The minimum atomic E-state index is -4.85. The van der Waals surface area contributed by atoms with E-state index in [0.29, 0.717) is 6.54 Å². The summed E-state index contributed by atoms with van der Waals surface area (Å²) in [6.07, 6.45) is -2.84. The molecule has 11 heteroatoms. The molecule has 2 rings (SSSR count). The van der Waals surface area contributed by atoms with Crippen LogP contribution in [-0.4, -0.2) is 46.4 Å². The van der Waals surface area contributed by atoms with Crippen molar-refractivity contribution in [2.45, 2.75) is 36.6 Å². The average Bonchev–Trinajstić information content (AvgIpc) is 3.05. The van der Waals surface area contributed by atoms with E-state index >= 15 is 0 Å². The molecule has 1 fully saturated rings. The van der Waals surface area contributed by atoms with Gasteiger partial charge in [0.15, 0.2) is 0 Å². The highest BCUT2D eigenvalue weighted by Crippen LogP contribution is 2.23. The molecule has 0 aliphatic carbocycles. The lowest BCUT2D eigenvalue weighted by molar-refractivity contribution is -0.274. The third-order valence-electron chi connectivity index (χ3n) is 3.72. The van der Waals surface area contributed by atoms with Crippen LogP contribution in [0.5, 0.6) is 5.75 Å². The van der Waals surface area contributed by atoms with Gasteiger partial charge < -0.3 is 15.4 Å². The molecule has 1 aromatic carbocycles. The predicted octanol–water partition coefficient (Wildman–Crippen LogP) is 1.12. The Kier molecular flexibility index (Phi) is 6.84. The summed E-state index contributed by atoms with van der Waals surface area (Å²) in [5.41, 5.74) is 0. The fourth-order valence-corrected chi connectivity index (χ4v) is 3.49. The van der Waals surface area contributed by atoms with E-state index in [-0.39, 0.29) is 29.8 Å². The SMILES string of the molecule is O=C(CCNS(=O)(=O)c1ccc(OC(F)(F)F)cc1)NCC1CCCN1. The molecule has 7 nitrogen and oxygen atoms in total. The van der Waals surface area contributed by atoms with Crippen LogP contribution in [0.2, 0.25) is 0 Å². The smallest absolute Gasteiger partial charge is 0.406 e. The van der Waals surface area contributed by atoms with Crippen molar-refractivity contribution in [3.8, 4) is 5.75 Å². The molecule has 1 amide bonds. The maximum absolute atomic E-state index is 12.1. The highest BCUT2D eigenvalue weighted by Gasteiger charge is 2.31. The predicted molar refractivity (Wildman–Crippen MR) is 87.0 cm³/mol. The molecule has 0 radical (unpaired) electrons. The van der Waals surface area contributed by atoms with Gasteiger partial charge in [-0.25, -0.2) is 13.1 Å². The zero-order chi connectivity index (χ0) is 19.2. The van der Waals surface area contributed by atoms with Crippen molar-refractivity contribution in [1.29, 1.82) is 0 Å². The Morgan fingerprint density at radius 1 is 1.27 bits per heavy atom. The van der Waals surface area contributed by atoms with E-state index in [1.54, 1.807) is 0 Å². The third kappa shape index (κ3) is 6.81. The number of hydrogen-bond donors (Lipinski definition) is 3. The van der Waals surface area contributed by atoms with Crippen LogP contribution in [0.1, 0.15) is 19.3 Å².